The summed E-state index contributed by atoms with van der Waals surface area (Å²) in [5.41, 5.74) is 1.34. The van der Waals surface area contributed by atoms with E-state index in [0.29, 0.717) is 13.2 Å². The van der Waals surface area contributed by atoms with Gasteiger partial charge in [0.05, 0.1) is 0 Å². The number of rotatable bonds is 7. The molecule has 0 unspecified atom stereocenters. The van der Waals surface area contributed by atoms with Crippen LogP contribution in [0.15, 0.2) is 24.3 Å². The van der Waals surface area contributed by atoms with Crippen molar-refractivity contribution in [2.75, 3.05) is 13.2 Å². The first-order chi connectivity index (χ1) is 8.90. The molecule has 3 nitrogen and oxygen atoms in total. The van der Waals surface area contributed by atoms with Crippen LogP contribution >= 0.6 is 0 Å². The highest BCUT2D eigenvalue weighted by Crippen LogP contribution is 2.13. The van der Waals surface area contributed by atoms with E-state index in [9.17, 15) is 5.11 Å². The summed E-state index contributed by atoms with van der Waals surface area (Å²) < 4.78 is 5.58. The van der Waals surface area contributed by atoms with Crippen LogP contribution in [0, 0.1) is 0 Å². The third-order valence-electron chi connectivity index (χ3n) is 2.77. The van der Waals surface area contributed by atoms with Gasteiger partial charge in [-0.25, -0.2) is 0 Å². The molecule has 0 fully saturated rings. The molecule has 19 heavy (non-hydrogen) atoms. The maximum absolute atomic E-state index is 9.83. The van der Waals surface area contributed by atoms with Crippen molar-refractivity contribution in [1.29, 1.82) is 0 Å². The Balaban J connectivity index is 2.31. The molecule has 108 valence electrons. The Morgan fingerprint density at radius 1 is 1.21 bits per heavy atom. The van der Waals surface area contributed by atoms with Crippen molar-refractivity contribution in [3.05, 3.63) is 29.8 Å². The first-order valence-electron chi connectivity index (χ1n) is 7.05. The molecule has 0 aromatic heterocycles. The molecule has 3 heteroatoms. The standard InChI is InChI=1S/C16H27NO2/c1-5-6-13-7-9-15(10-8-13)19-12-14(18)11-17-16(2,3)4/h7-10,14,17-18H,5-6,11-12H2,1-4H3/t14-/m0/s1. The minimum atomic E-state index is -0.491. The van der Waals surface area contributed by atoms with E-state index in [1.165, 1.54) is 5.56 Å². The minimum Gasteiger partial charge on any atom is -0.491 e. The van der Waals surface area contributed by atoms with E-state index in [0.717, 1.165) is 18.6 Å². The third kappa shape index (κ3) is 7.19. The van der Waals surface area contributed by atoms with Gasteiger partial charge in [0.2, 0.25) is 0 Å². The number of benzene rings is 1. The van der Waals surface area contributed by atoms with E-state index in [1.54, 1.807) is 0 Å². The fraction of sp³-hybridized carbons (Fsp3) is 0.625. The normalized spacial score (nSPS) is 13.3. The van der Waals surface area contributed by atoms with E-state index in [-0.39, 0.29) is 5.54 Å². The number of β-amino-alcohol motifs (C(OH)–C–C–N with tert-alkyl or cyclic N) is 1. The summed E-state index contributed by atoms with van der Waals surface area (Å²) in [5.74, 6) is 0.815. The van der Waals surface area contributed by atoms with Crippen molar-refractivity contribution in [3.63, 3.8) is 0 Å². The highest BCUT2D eigenvalue weighted by molar-refractivity contribution is 5.27. The summed E-state index contributed by atoms with van der Waals surface area (Å²) in [6.07, 6.45) is 1.75. The minimum absolute atomic E-state index is 0.0166. The molecule has 0 aliphatic heterocycles. The van der Waals surface area contributed by atoms with Crippen LogP contribution < -0.4 is 10.1 Å². The number of aliphatic hydroxyl groups excluding tert-OH is 1. The lowest BCUT2D eigenvalue weighted by Gasteiger charge is -2.23. The molecular weight excluding hydrogens is 238 g/mol. The van der Waals surface area contributed by atoms with Gasteiger partial charge in [0.25, 0.3) is 0 Å². The number of ether oxygens (including phenoxy) is 1. The fourth-order valence-electron chi connectivity index (χ4n) is 1.72. The maximum atomic E-state index is 9.83. The van der Waals surface area contributed by atoms with Crippen LogP contribution in [0.5, 0.6) is 5.75 Å². The lowest BCUT2D eigenvalue weighted by molar-refractivity contribution is 0.100. The molecular formula is C16H27NO2. The lowest BCUT2D eigenvalue weighted by atomic mass is 10.1. The summed E-state index contributed by atoms with van der Waals surface area (Å²) in [6.45, 7) is 9.25. The topological polar surface area (TPSA) is 41.5 Å². The van der Waals surface area contributed by atoms with Gasteiger partial charge in [0.15, 0.2) is 0 Å². The Bertz CT molecular complexity index is 354. The van der Waals surface area contributed by atoms with Crippen LogP contribution in [0.2, 0.25) is 0 Å². The summed E-state index contributed by atoms with van der Waals surface area (Å²) in [5, 5.41) is 13.1. The lowest BCUT2D eigenvalue weighted by Crippen LogP contribution is -2.42. The largest absolute Gasteiger partial charge is 0.491 e. The van der Waals surface area contributed by atoms with Crippen LogP contribution in [0.25, 0.3) is 0 Å². The Hall–Kier alpha value is -1.06. The Morgan fingerprint density at radius 3 is 2.37 bits per heavy atom. The average molecular weight is 265 g/mol. The highest BCUT2D eigenvalue weighted by Gasteiger charge is 2.12. The zero-order chi connectivity index (χ0) is 14.3. The van der Waals surface area contributed by atoms with Gasteiger partial charge in [-0.2, -0.15) is 0 Å². The molecule has 1 aromatic carbocycles. The summed E-state index contributed by atoms with van der Waals surface area (Å²) in [7, 11) is 0. The van der Waals surface area contributed by atoms with Crippen molar-refractivity contribution in [3.8, 4) is 5.75 Å². The molecule has 0 radical (unpaired) electrons. The number of aliphatic hydroxyl groups is 1. The number of nitrogens with one attached hydrogen (secondary N) is 1. The Labute approximate surface area is 117 Å². The number of hydrogen-bond donors (Lipinski definition) is 2. The van der Waals surface area contributed by atoms with Crippen molar-refractivity contribution in [2.45, 2.75) is 52.2 Å². The third-order valence-corrected chi connectivity index (χ3v) is 2.77. The maximum Gasteiger partial charge on any atom is 0.119 e. The summed E-state index contributed by atoms with van der Waals surface area (Å²) >= 11 is 0. The zero-order valence-electron chi connectivity index (χ0n) is 12.6. The van der Waals surface area contributed by atoms with Gasteiger partial charge in [-0.3, -0.25) is 0 Å². The monoisotopic (exact) mass is 265 g/mol. The van der Waals surface area contributed by atoms with Gasteiger partial charge in [-0.1, -0.05) is 25.5 Å². The smallest absolute Gasteiger partial charge is 0.119 e. The molecule has 0 bridgehead atoms. The SMILES string of the molecule is CCCc1ccc(OC[C@@H](O)CNC(C)(C)C)cc1. The molecule has 0 amide bonds. The molecule has 0 spiro atoms. The molecule has 0 saturated heterocycles. The fourth-order valence-corrected chi connectivity index (χ4v) is 1.72. The molecule has 1 aromatic rings. The van der Waals surface area contributed by atoms with Crippen molar-refractivity contribution in [1.82, 2.24) is 5.32 Å². The van der Waals surface area contributed by atoms with E-state index in [2.05, 4.69) is 45.1 Å². The Kier molecular flexibility index (Phi) is 6.32. The van der Waals surface area contributed by atoms with Crippen LogP contribution in [-0.4, -0.2) is 29.9 Å². The second kappa shape index (κ2) is 7.51. The van der Waals surface area contributed by atoms with Crippen molar-refractivity contribution in [2.24, 2.45) is 0 Å². The molecule has 0 aliphatic rings. The molecule has 0 saturated carbocycles. The van der Waals surface area contributed by atoms with E-state index < -0.39 is 6.10 Å². The first-order valence-corrected chi connectivity index (χ1v) is 7.05. The molecule has 0 aliphatic carbocycles. The number of hydrogen-bond acceptors (Lipinski definition) is 3. The van der Waals surface area contributed by atoms with E-state index >= 15 is 0 Å². The summed E-state index contributed by atoms with van der Waals surface area (Å²) in [4.78, 5) is 0. The molecule has 1 rings (SSSR count). The van der Waals surface area contributed by atoms with Crippen LogP contribution in [0.3, 0.4) is 0 Å². The quantitative estimate of drug-likeness (QED) is 0.796. The van der Waals surface area contributed by atoms with Gasteiger partial charge in [-0.15, -0.1) is 0 Å². The second-order valence-electron chi connectivity index (χ2n) is 5.99. The predicted octanol–water partition coefficient (Wildman–Crippen LogP) is 2.77. The van der Waals surface area contributed by atoms with Crippen molar-refractivity contribution < 1.29 is 9.84 Å². The van der Waals surface area contributed by atoms with Gasteiger partial charge in [0, 0.05) is 12.1 Å². The van der Waals surface area contributed by atoms with Crippen LogP contribution in [0.1, 0.15) is 39.7 Å². The van der Waals surface area contributed by atoms with Crippen LogP contribution in [-0.2, 0) is 6.42 Å². The van der Waals surface area contributed by atoms with Crippen LogP contribution in [0.4, 0.5) is 0 Å². The number of aryl methyl sites for hydroxylation is 1. The van der Waals surface area contributed by atoms with Crippen molar-refractivity contribution >= 4 is 0 Å². The zero-order valence-corrected chi connectivity index (χ0v) is 12.6. The van der Waals surface area contributed by atoms with E-state index in [1.807, 2.05) is 12.1 Å². The first kappa shape index (κ1) is 16.0. The average Bonchev–Trinajstić information content (AvgIpc) is 2.35. The van der Waals surface area contributed by atoms with Gasteiger partial charge < -0.3 is 15.2 Å². The molecule has 1 atom stereocenters. The predicted molar refractivity (Wildman–Crippen MR) is 79.7 cm³/mol. The second-order valence-corrected chi connectivity index (χ2v) is 5.99. The van der Waals surface area contributed by atoms with E-state index in [4.69, 9.17) is 4.74 Å². The Morgan fingerprint density at radius 2 is 1.84 bits per heavy atom. The summed E-state index contributed by atoms with van der Waals surface area (Å²) in [6, 6.07) is 8.10. The molecule has 0 heterocycles. The van der Waals surface area contributed by atoms with Gasteiger partial charge in [0.1, 0.15) is 18.5 Å². The molecule has 2 N–H and O–H groups in total. The van der Waals surface area contributed by atoms with Gasteiger partial charge in [-0.05, 0) is 44.9 Å². The van der Waals surface area contributed by atoms with Gasteiger partial charge >= 0.3 is 0 Å². The highest BCUT2D eigenvalue weighted by atomic mass is 16.5.